The third-order valence-electron chi connectivity index (χ3n) is 4.09. The quantitative estimate of drug-likeness (QED) is 0.593. The van der Waals surface area contributed by atoms with E-state index < -0.39 is 0 Å². The number of methoxy groups -OCH3 is 1. The molecule has 4 nitrogen and oxygen atoms in total. The van der Waals surface area contributed by atoms with E-state index in [-0.39, 0.29) is 10.7 Å². The Morgan fingerprint density at radius 2 is 2.05 bits per heavy atom. The molecule has 1 aromatic carbocycles. The molecule has 1 aliphatic rings. The van der Waals surface area contributed by atoms with E-state index in [0.29, 0.717) is 17.7 Å². The number of alkyl halides is 1. The third kappa shape index (κ3) is 3.88. The molecule has 1 aromatic rings. The molecule has 1 unspecified atom stereocenters. The van der Waals surface area contributed by atoms with Gasteiger partial charge in [-0.1, -0.05) is 15.9 Å². The first-order valence-corrected chi connectivity index (χ1v) is 8.54. The van der Waals surface area contributed by atoms with Crippen LogP contribution in [0.25, 0.3) is 0 Å². The molecule has 0 bridgehead atoms. The fourth-order valence-electron chi connectivity index (χ4n) is 2.81. The van der Waals surface area contributed by atoms with Crippen molar-refractivity contribution in [3.05, 3.63) is 28.8 Å². The van der Waals surface area contributed by atoms with Crippen LogP contribution in [-0.2, 0) is 11.2 Å². The van der Waals surface area contributed by atoms with Gasteiger partial charge >= 0.3 is 0 Å². The molecule has 2 rings (SSSR count). The first-order chi connectivity index (χ1) is 10.6. The van der Waals surface area contributed by atoms with E-state index in [1.165, 1.54) is 6.42 Å². The third-order valence-corrected chi connectivity index (χ3v) is 4.63. The summed E-state index contributed by atoms with van der Waals surface area (Å²) in [6.45, 7) is 3.58. The number of rotatable bonds is 5. The fourth-order valence-corrected chi connectivity index (χ4v) is 3.16. The van der Waals surface area contributed by atoms with Crippen LogP contribution in [0.2, 0.25) is 0 Å². The van der Waals surface area contributed by atoms with E-state index >= 15 is 0 Å². The maximum Gasteiger partial charge on any atom is 0.257 e. The first-order valence-electron chi connectivity index (χ1n) is 7.63. The molecule has 0 N–H and O–H groups in total. The molecule has 1 atom stereocenters. The lowest BCUT2D eigenvalue weighted by atomic mass is 9.99. The molecular formula is C17H22BrNO3. The first kappa shape index (κ1) is 17.0. The van der Waals surface area contributed by atoms with Crippen molar-refractivity contribution in [2.24, 2.45) is 0 Å². The molecule has 0 aliphatic carbocycles. The number of carbonyl (C=O) groups is 2. The van der Waals surface area contributed by atoms with E-state index in [0.717, 1.165) is 43.3 Å². The van der Waals surface area contributed by atoms with Gasteiger partial charge < -0.3 is 14.4 Å². The Balaban J connectivity index is 2.33. The minimum absolute atomic E-state index is 0.0232. The Labute approximate surface area is 140 Å². The zero-order valence-corrected chi connectivity index (χ0v) is 14.7. The van der Waals surface area contributed by atoms with E-state index in [9.17, 15) is 9.59 Å². The number of aldehydes is 1. The number of hydrogen-bond acceptors (Lipinski definition) is 3. The summed E-state index contributed by atoms with van der Waals surface area (Å²) in [4.78, 5) is 25.3. The topological polar surface area (TPSA) is 46.6 Å². The van der Waals surface area contributed by atoms with Gasteiger partial charge in [0.15, 0.2) is 0 Å². The molecule has 1 amide bonds. The number of hydrogen-bond donors (Lipinski definition) is 0. The number of benzene rings is 1. The van der Waals surface area contributed by atoms with Crippen molar-refractivity contribution >= 4 is 28.1 Å². The number of nitrogens with zero attached hydrogens (tertiary/aromatic N) is 1. The predicted molar refractivity (Wildman–Crippen MR) is 90.0 cm³/mol. The smallest absolute Gasteiger partial charge is 0.257 e. The van der Waals surface area contributed by atoms with Crippen molar-refractivity contribution in [1.29, 1.82) is 0 Å². The maximum absolute atomic E-state index is 12.8. The lowest BCUT2D eigenvalue weighted by Gasteiger charge is -2.27. The molecule has 0 spiro atoms. The summed E-state index contributed by atoms with van der Waals surface area (Å²) in [6, 6.07) is 3.76. The van der Waals surface area contributed by atoms with Crippen molar-refractivity contribution in [2.75, 3.05) is 20.2 Å². The van der Waals surface area contributed by atoms with Crippen LogP contribution in [0.15, 0.2) is 12.1 Å². The van der Waals surface area contributed by atoms with Gasteiger partial charge in [-0.05, 0) is 55.9 Å². The monoisotopic (exact) mass is 367 g/mol. The number of likely N-dealkylation sites (tertiary alicyclic amines) is 1. The summed E-state index contributed by atoms with van der Waals surface area (Å²) in [5, 5.41) is 0. The second-order valence-corrected chi connectivity index (χ2v) is 6.86. The van der Waals surface area contributed by atoms with E-state index in [2.05, 4.69) is 15.9 Å². The average molecular weight is 368 g/mol. The van der Waals surface area contributed by atoms with Gasteiger partial charge in [0.1, 0.15) is 12.0 Å². The summed E-state index contributed by atoms with van der Waals surface area (Å²) in [5.41, 5.74) is 2.61. The van der Waals surface area contributed by atoms with Gasteiger partial charge in [-0.25, -0.2) is 0 Å². The summed E-state index contributed by atoms with van der Waals surface area (Å²) >= 11 is 3.33. The highest BCUT2D eigenvalue weighted by Crippen LogP contribution is 2.27. The molecular weight excluding hydrogens is 346 g/mol. The average Bonchev–Trinajstić information content (AvgIpc) is 2.56. The second kappa shape index (κ2) is 7.77. The number of piperidine rings is 1. The fraction of sp³-hybridized carbons (Fsp3) is 0.529. The Morgan fingerprint density at radius 3 is 2.64 bits per heavy atom. The van der Waals surface area contributed by atoms with E-state index in [4.69, 9.17) is 4.74 Å². The summed E-state index contributed by atoms with van der Waals surface area (Å²) in [5.74, 6) is 0.629. The number of halogens is 1. The number of carbonyl (C=O) groups excluding carboxylic acids is 2. The summed E-state index contributed by atoms with van der Waals surface area (Å²) in [7, 11) is 1.58. The van der Waals surface area contributed by atoms with Crippen LogP contribution in [0, 0.1) is 6.92 Å². The molecule has 22 heavy (non-hydrogen) atoms. The molecule has 120 valence electrons. The normalized spacial score (nSPS) is 16.2. The largest absolute Gasteiger partial charge is 0.496 e. The molecule has 5 heteroatoms. The highest BCUT2D eigenvalue weighted by Gasteiger charge is 2.23. The molecule has 0 aromatic heterocycles. The summed E-state index contributed by atoms with van der Waals surface area (Å²) < 4.78 is 5.40. The standard InChI is InChI=1S/C17H22BrNO3/c1-12-8-16(22-2)15(10-13(12)9-14(18)11-20)17(21)19-6-4-3-5-7-19/h8,10-11,14H,3-7,9H2,1-2H3. The van der Waals surface area contributed by atoms with Crippen LogP contribution in [0.5, 0.6) is 5.75 Å². The zero-order valence-electron chi connectivity index (χ0n) is 13.1. The van der Waals surface area contributed by atoms with E-state index in [1.54, 1.807) is 7.11 Å². The lowest BCUT2D eigenvalue weighted by molar-refractivity contribution is -0.107. The van der Waals surface area contributed by atoms with Crippen LogP contribution in [0.1, 0.15) is 40.7 Å². The SMILES string of the molecule is COc1cc(C)c(CC(Br)C=O)cc1C(=O)N1CCCCC1. The van der Waals surface area contributed by atoms with Gasteiger partial charge in [-0.3, -0.25) is 4.79 Å². The van der Waals surface area contributed by atoms with Crippen molar-refractivity contribution in [1.82, 2.24) is 4.90 Å². The van der Waals surface area contributed by atoms with Gasteiger partial charge in [0.05, 0.1) is 17.5 Å². The van der Waals surface area contributed by atoms with Crippen LogP contribution < -0.4 is 4.74 Å². The lowest BCUT2D eigenvalue weighted by Crippen LogP contribution is -2.35. The Hall–Kier alpha value is -1.36. The maximum atomic E-state index is 12.8. The van der Waals surface area contributed by atoms with Crippen molar-refractivity contribution in [3.8, 4) is 5.75 Å². The summed E-state index contributed by atoms with van der Waals surface area (Å²) in [6.07, 6.45) is 4.74. The van der Waals surface area contributed by atoms with Crippen LogP contribution in [0.3, 0.4) is 0 Å². The highest BCUT2D eigenvalue weighted by molar-refractivity contribution is 9.09. The minimum Gasteiger partial charge on any atom is -0.496 e. The van der Waals surface area contributed by atoms with E-state index in [1.807, 2.05) is 24.0 Å². The van der Waals surface area contributed by atoms with Crippen LogP contribution in [-0.4, -0.2) is 42.1 Å². The van der Waals surface area contributed by atoms with Gasteiger partial charge in [0, 0.05) is 13.1 Å². The number of amides is 1. The Bertz CT molecular complexity index is 553. The van der Waals surface area contributed by atoms with Gasteiger partial charge in [-0.15, -0.1) is 0 Å². The number of ether oxygens (including phenoxy) is 1. The zero-order chi connectivity index (χ0) is 16.1. The van der Waals surface area contributed by atoms with Gasteiger partial charge in [0.2, 0.25) is 0 Å². The van der Waals surface area contributed by atoms with Crippen molar-refractivity contribution in [3.63, 3.8) is 0 Å². The predicted octanol–water partition coefficient (Wildman–Crippen LogP) is 3.13. The Morgan fingerprint density at radius 1 is 1.36 bits per heavy atom. The number of aryl methyl sites for hydroxylation is 1. The van der Waals surface area contributed by atoms with Crippen molar-refractivity contribution < 1.29 is 14.3 Å². The molecule has 0 saturated carbocycles. The molecule has 1 heterocycles. The van der Waals surface area contributed by atoms with Crippen molar-refractivity contribution in [2.45, 2.75) is 37.4 Å². The molecule has 1 fully saturated rings. The van der Waals surface area contributed by atoms with Crippen LogP contribution in [0.4, 0.5) is 0 Å². The molecule has 0 radical (unpaired) electrons. The van der Waals surface area contributed by atoms with Gasteiger partial charge in [-0.2, -0.15) is 0 Å². The molecule has 1 aliphatic heterocycles. The molecule has 1 saturated heterocycles. The van der Waals surface area contributed by atoms with Crippen LogP contribution >= 0.6 is 15.9 Å². The Kier molecular flexibility index (Phi) is 6.00. The van der Waals surface area contributed by atoms with Gasteiger partial charge in [0.25, 0.3) is 5.91 Å². The second-order valence-electron chi connectivity index (χ2n) is 5.69. The highest BCUT2D eigenvalue weighted by atomic mass is 79.9. The minimum atomic E-state index is -0.238.